The average Bonchev–Trinajstić information content (AvgIpc) is 2.50. The fourth-order valence-electron chi connectivity index (χ4n) is 2.05. The van der Waals surface area contributed by atoms with Crippen LogP contribution in [-0.4, -0.2) is 13.2 Å². The smallest absolute Gasteiger partial charge is 0.142 e. The van der Waals surface area contributed by atoms with E-state index in [-0.39, 0.29) is 0 Å². The number of hydrogen-bond acceptors (Lipinski definition) is 2. The third-order valence-corrected chi connectivity index (χ3v) is 3.21. The SMILES string of the molecule is CCCCOc1ccccc1NCCc1ccccc1. The van der Waals surface area contributed by atoms with Crippen LogP contribution in [0.3, 0.4) is 0 Å². The van der Waals surface area contributed by atoms with Gasteiger partial charge in [0.15, 0.2) is 0 Å². The normalized spacial score (nSPS) is 10.2. The maximum Gasteiger partial charge on any atom is 0.142 e. The second-order valence-electron chi connectivity index (χ2n) is 4.86. The molecule has 1 N–H and O–H groups in total. The van der Waals surface area contributed by atoms with Crippen molar-refractivity contribution in [2.75, 3.05) is 18.5 Å². The van der Waals surface area contributed by atoms with E-state index in [4.69, 9.17) is 4.74 Å². The summed E-state index contributed by atoms with van der Waals surface area (Å²) in [7, 11) is 0. The molecule has 2 aromatic carbocycles. The monoisotopic (exact) mass is 269 g/mol. The second kappa shape index (κ2) is 8.26. The van der Waals surface area contributed by atoms with Crippen molar-refractivity contribution < 1.29 is 4.74 Å². The van der Waals surface area contributed by atoms with Gasteiger partial charge in [-0.15, -0.1) is 0 Å². The molecule has 0 heterocycles. The number of nitrogens with one attached hydrogen (secondary N) is 1. The quantitative estimate of drug-likeness (QED) is 0.711. The minimum atomic E-state index is 0.786. The van der Waals surface area contributed by atoms with Gasteiger partial charge in [-0.2, -0.15) is 0 Å². The summed E-state index contributed by atoms with van der Waals surface area (Å²) in [5.41, 5.74) is 2.43. The summed E-state index contributed by atoms with van der Waals surface area (Å²) in [6.45, 7) is 3.87. The van der Waals surface area contributed by atoms with Crippen molar-refractivity contribution in [3.63, 3.8) is 0 Å². The van der Waals surface area contributed by atoms with Crippen LogP contribution in [0, 0.1) is 0 Å². The Morgan fingerprint density at radius 2 is 1.70 bits per heavy atom. The lowest BCUT2D eigenvalue weighted by Gasteiger charge is -2.13. The Balaban J connectivity index is 1.85. The van der Waals surface area contributed by atoms with Gasteiger partial charge in [0, 0.05) is 6.54 Å². The van der Waals surface area contributed by atoms with Crippen molar-refractivity contribution in [1.82, 2.24) is 0 Å². The largest absolute Gasteiger partial charge is 0.491 e. The van der Waals surface area contributed by atoms with E-state index >= 15 is 0 Å². The van der Waals surface area contributed by atoms with Gasteiger partial charge in [0.1, 0.15) is 5.75 Å². The number of ether oxygens (including phenoxy) is 1. The van der Waals surface area contributed by atoms with Crippen LogP contribution in [0.1, 0.15) is 25.3 Å². The van der Waals surface area contributed by atoms with E-state index in [2.05, 4.69) is 42.6 Å². The molecular formula is C18H23NO. The summed E-state index contributed by atoms with van der Waals surface area (Å²) in [4.78, 5) is 0. The molecule has 0 fully saturated rings. The van der Waals surface area contributed by atoms with Crippen LogP contribution in [0.2, 0.25) is 0 Å². The summed E-state index contributed by atoms with van der Waals surface area (Å²) >= 11 is 0. The highest BCUT2D eigenvalue weighted by atomic mass is 16.5. The van der Waals surface area contributed by atoms with E-state index < -0.39 is 0 Å². The second-order valence-corrected chi connectivity index (χ2v) is 4.86. The van der Waals surface area contributed by atoms with Crippen molar-refractivity contribution >= 4 is 5.69 Å². The van der Waals surface area contributed by atoms with Crippen LogP contribution in [0.5, 0.6) is 5.75 Å². The molecule has 106 valence electrons. The third-order valence-electron chi connectivity index (χ3n) is 3.21. The van der Waals surface area contributed by atoms with Gasteiger partial charge in [-0.25, -0.2) is 0 Å². The van der Waals surface area contributed by atoms with Crippen molar-refractivity contribution in [2.45, 2.75) is 26.2 Å². The highest BCUT2D eigenvalue weighted by Gasteiger charge is 2.02. The molecule has 0 aliphatic heterocycles. The predicted octanol–water partition coefficient (Wildman–Crippen LogP) is 4.52. The number of rotatable bonds is 8. The van der Waals surface area contributed by atoms with Gasteiger partial charge < -0.3 is 10.1 Å². The number of para-hydroxylation sites is 2. The van der Waals surface area contributed by atoms with Gasteiger partial charge in [0.05, 0.1) is 12.3 Å². The molecule has 0 unspecified atom stereocenters. The Morgan fingerprint density at radius 1 is 0.950 bits per heavy atom. The predicted molar refractivity (Wildman–Crippen MR) is 85.5 cm³/mol. The first-order valence-corrected chi connectivity index (χ1v) is 7.40. The van der Waals surface area contributed by atoms with Crippen LogP contribution in [0.25, 0.3) is 0 Å². The Bertz CT molecular complexity index is 496. The third kappa shape index (κ3) is 4.61. The summed E-state index contributed by atoms with van der Waals surface area (Å²) in [6.07, 6.45) is 3.27. The summed E-state index contributed by atoms with van der Waals surface area (Å²) in [5, 5.41) is 3.46. The summed E-state index contributed by atoms with van der Waals surface area (Å²) < 4.78 is 5.82. The highest BCUT2D eigenvalue weighted by molar-refractivity contribution is 5.56. The van der Waals surface area contributed by atoms with Crippen molar-refractivity contribution in [3.8, 4) is 5.75 Å². The molecule has 0 saturated carbocycles. The van der Waals surface area contributed by atoms with E-state index in [0.29, 0.717) is 0 Å². The first-order valence-electron chi connectivity index (χ1n) is 7.40. The lowest BCUT2D eigenvalue weighted by atomic mass is 10.1. The molecule has 0 atom stereocenters. The lowest BCUT2D eigenvalue weighted by Crippen LogP contribution is -2.07. The molecule has 0 bridgehead atoms. The lowest BCUT2D eigenvalue weighted by molar-refractivity contribution is 0.310. The molecule has 0 radical (unpaired) electrons. The summed E-state index contributed by atoms with van der Waals surface area (Å²) in [5.74, 6) is 0.953. The van der Waals surface area contributed by atoms with E-state index in [1.807, 2.05) is 24.3 Å². The fraction of sp³-hybridized carbons (Fsp3) is 0.333. The van der Waals surface area contributed by atoms with Crippen LogP contribution in [0.15, 0.2) is 54.6 Å². The van der Waals surface area contributed by atoms with Gasteiger partial charge in [0.25, 0.3) is 0 Å². The Hall–Kier alpha value is -1.96. The molecule has 0 aliphatic rings. The minimum Gasteiger partial charge on any atom is -0.491 e. The zero-order valence-corrected chi connectivity index (χ0v) is 12.1. The van der Waals surface area contributed by atoms with E-state index in [0.717, 1.165) is 43.9 Å². The number of unbranched alkanes of at least 4 members (excludes halogenated alkanes) is 1. The number of benzene rings is 2. The molecule has 0 amide bonds. The Labute approximate surface area is 121 Å². The zero-order chi connectivity index (χ0) is 14.0. The molecular weight excluding hydrogens is 246 g/mol. The van der Waals surface area contributed by atoms with Crippen LogP contribution < -0.4 is 10.1 Å². The topological polar surface area (TPSA) is 21.3 Å². The molecule has 20 heavy (non-hydrogen) atoms. The average molecular weight is 269 g/mol. The van der Waals surface area contributed by atoms with Crippen molar-refractivity contribution in [1.29, 1.82) is 0 Å². The molecule has 0 aromatic heterocycles. The molecule has 2 rings (SSSR count). The van der Waals surface area contributed by atoms with Gasteiger partial charge in [-0.05, 0) is 30.5 Å². The summed E-state index contributed by atoms with van der Waals surface area (Å²) in [6, 6.07) is 18.7. The molecule has 0 saturated heterocycles. The molecule has 2 heteroatoms. The zero-order valence-electron chi connectivity index (χ0n) is 12.1. The van der Waals surface area contributed by atoms with E-state index in [1.54, 1.807) is 0 Å². The van der Waals surface area contributed by atoms with E-state index in [9.17, 15) is 0 Å². The van der Waals surface area contributed by atoms with Gasteiger partial charge in [0.2, 0.25) is 0 Å². The fourth-order valence-corrected chi connectivity index (χ4v) is 2.05. The van der Waals surface area contributed by atoms with Crippen LogP contribution in [0.4, 0.5) is 5.69 Å². The van der Waals surface area contributed by atoms with Crippen molar-refractivity contribution in [3.05, 3.63) is 60.2 Å². The van der Waals surface area contributed by atoms with Gasteiger partial charge in [-0.3, -0.25) is 0 Å². The van der Waals surface area contributed by atoms with Crippen molar-refractivity contribution in [2.24, 2.45) is 0 Å². The first kappa shape index (κ1) is 14.4. The number of anilines is 1. The first-order chi connectivity index (χ1) is 9.90. The van der Waals surface area contributed by atoms with Gasteiger partial charge in [-0.1, -0.05) is 55.8 Å². The molecule has 2 nitrogen and oxygen atoms in total. The standard InChI is InChI=1S/C18H23NO/c1-2-3-15-20-18-12-8-7-11-17(18)19-14-13-16-9-5-4-6-10-16/h4-12,19H,2-3,13-15H2,1H3. The minimum absolute atomic E-state index is 0.786. The van der Waals surface area contributed by atoms with E-state index in [1.165, 1.54) is 5.56 Å². The molecule has 2 aromatic rings. The maximum absolute atomic E-state index is 5.82. The van der Waals surface area contributed by atoms with Gasteiger partial charge >= 0.3 is 0 Å². The Morgan fingerprint density at radius 3 is 2.50 bits per heavy atom. The highest BCUT2D eigenvalue weighted by Crippen LogP contribution is 2.23. The Kier molecular flexibility index (Phi) is 5.97. The number of hydrogen-bond donors (Lipinski definition) is 1. The molecule has 0 aliphatic carbocycles. The van der Waals surface area contributed by atoms with Crippen LogP contribution in [-0.2, 0) is 6.42 Å². The maximum atomic E-state index is 5.82. The van der Waals surface area contributed by atoms with Crippen LogP contribution >= 0.6 is 0 Å². The molecule has 0 spiro atoms.